The second-order valence-corrected chi connectivity index (χ2v) is 3.40. The minimum absolute atomic E-state index is 0.131. The molecule has 3 heterocycles. The third kappa shape index (κ3) is 0.864. The minimum atomic E-state index is 0.131. The van der Waals surface area contributed by atoms with E-state index >= 15 is 0 Å². The van der Waals surface area contributed by atoms with Gasteiger partial charge in [-0.05, 0) is 12.8 Å². The van der Waals surface area contributed by atoms with Crippen molar-refractivity contribution in [1.82, 2.24) is 0 Å². The molecule has 0 spiro atoms. The molecule has 3 aliphatic rings. The van der Waals surface area contributed by atoms with Crippen molar-refractivity contribution < 1.29 is 9.47 Å². The Balaban J connectivity index is 2.11. The molecule has 52 valence electrons. The maximum Gasteiger partial charge on any atom is 0.157 e. The lowest BCUT2D eigenvalue weighted by atomic mass is 9.83. The number of hydrogen-bond acceptors (Lipinski definition) is 2. The van der Waals surface area contributed by atoms with Crippen LogP contribution in [0, 0.1) is 5.41 Å². The molecule has 3 aliphatic heterocycles. The predicted molar refractivity (Wildman–Crippen MR) is 33.0 cm³/mol. The Morgan fingerprint density at radius 2 is 2.00 bits per heavy atom. The van der Waals surface area contributed by atoms with Gasteiger partial charge in [0, 0.05) is 5.41 Å². The SMILES string of the molecule is CC12CCC(OC1)OC2. The van der Waals surface area contributed by atoms with Gasteiger partial charge in [0.25, 0.3) is 0 Å². The zero-order valence-corrected chi connectivity index (χ0v) is 5.72. The van der Waals surface area contributed by atoms with Crippen LogP contribution in [0.25, 0.3) is 0 Å². The van der Waals surface area contributed by atoms with Gasteiger partial charge >= 0.3 is 0 Å². The summed E-state index contributed by atoms with van der Waals surface area (Å²) >= 11 is 0. The van der Waals surface area contributed by atoms with Gasteiger partial charge in [-0.2, -0.15) is 0 Å². The molecule has 0 aromatic rings. The van der Waals surface area contributed by atoms with Crippen LogP contribution in [0.1, 0.15) is 19.8 Å². The highest BCUT2D eigenvalue weighted by Gasteiger charge is 2.38. The zero-order valence-electron chi connectivity index (χ0n) is 5.72. The second kappa shape index (κ2) is 1.70. The van der Waals surface area contributed by atoms with E-state index in [1.807, 2.05) is 0 Å². The van der Waals surface area contributed by atoms with E-state index in [2.05, 4.69) is 6.92 Å². The van der Waals surface area contributed by atoms with Crippen LogP contribution in [0.4, 0.5) is 0 Å². The quantitative estimate of drug-likeness (QED) is 0.487. The summed E-state index contributed by atoms with van der Waals surface area (Å²) in [6.45, 7) is 4.03. The normalized spacial score (nSPS) is 49.7. The highest BCUT2D eigenvalue weighted by Crippen LogP contribution is 2.36. The second-order valence-electron chi connectivity index (χ2n) is 3.40. The Bertz CT molecular complexity index is 100. The van der Waals surface area contributed by atoms with E-state index in [0.29, 0.717) is 5.41 Å². The van der Waals surface area contributed by atoms with Gasteiger partial charge in [0.05, 0.1) is 13.2 Å². The summed E-state index contributed by atoms with van der Waals surface area (Å²) in [5.74, 6) is 0. The van der Waals surface area contributed by atoms with Crippen LogP contribution in [0.3, 0.4) is 0 Å². The van der Waals surface area contributed by atoms with Crippen molar-refractivity contribution in [3.05, 3.63) is 0 Å². The van der Waals surface area contributed by atoms with Crippen LogP contribution in [0.2, 0.25) is 0 Å². The third-order valence-electron chi connectivity index (χ3n) is 2.22. The van der Waals surface area contributed by atoms with Crippen molar-refractivity contribution in [2.24, 2.45) is 5.41 Å². The van der Waals surface area contributed by atoms with E-state index in [1.165, 1.54) is 6.42 Å². The first kappa shape index (κ1) is 5.69. The summed E-state index contributed by atoms with van der Waals surface area (Å²) in [5.41, 5.74) is 0.342. The monoisotopic (exact) mass is 128 g/mol. The molecular weight excluding hydrogens is 116 g/mol. The third-order valence-corrected chi connectivity index (χ3v) is 2.22. The minimum Gasteiger partial charge on any atom is -0.352 e. The van der Waals surface area contributed by atoms with Crippen LogP contribution in [-0.4, -0.2) is 19.5 Å². The average molecular weight is 128 g/mol. The molecule has 0 aliphatic carbocycles. The Morgan fingerprint density at radius 1 is 1.33 bits per heavy atom. The van der Waals surface area contributed by atoms with Crippen molar-refractivity contribution in [2.75, 3.05) is 13.2 Å². The summed E-state index contributed by atoms with van der Waals surface area (Å²) in [6, 6.07) is 0. The number of ether oxygens (including phenoxy) is 2. The van der Waals surface area contributed by atoms with E-state index in [0.717, 1.165) is 19.6 Å². The van der Waals surface area contributed by atoms with Crippen molar-refractivity contribution in [3.63, 3.8) is 0 Å². The van der Waals surface area contributed by atoms with E-state index in [9.17, 15) is 0 Å². The molecule has 0 aromatic carbocycles. The van der Waals surface area contributed by atoms with Gasteiger partial charge in [-0.25, -0.2) is 0 Å². The molecule has 0 amide bonds. The molecule has 9 heavy (non-hydrogen) atoms. The predicted octanol–water partition coefficient (Wildman–Crippen LogP) is 1.16. The summed E-state index contributed by atoms with van der Waals surface area (Å²) in [7, 11) is 0. The smallest absolute Gasteiger partial charge is 0.157 e. The Kier molecular flexibility index (Phi) is 1.08. The van der Waals surface area contributed by atoms with Crippen LogP contribution in [0.5, 0.6) is 0 Å². The molecule has 0 radical (unpaired) electrons. The van der Waals surface area contributed by atoms with E-state index in [1.54, 1.807) is 0 Å². The molecule has 0 unspecified atom stereocenters. The fourth-order valence-electron chi connectivity index (χ4n) is 1.46. The molecular formula is C7H12O2. The van der Waals surface area contributed by atoms with E-state index in [4.69, 9.17) is 9.47 Å². The van der Waals surface area contributed by atoms with Crippen molar-refractivity contribution >= 4 is 0 Å². The summed E-state index contributed by atoms with van der Waals surface area (Å²) < 4.78 is 10.7. The van der Waals surface area contributed by atoms with Crippen molar-refractivity contribution in [3.8, 4) is 0 Å². The first-order valence-corrected chi connectivity index (χ1v) is 3.52. The maximum absolute atomic E-state index is 5.36. The first-order valence-electron chi connectivity index (χ1n) is 3.52. The fourth-order valence-corrected chi connectivity index (χ4v) is 1.46. The fraction of sp³-hybridized carbons (Fsp3) is 1.00. The molecule has 3 saturated heterocycles. The zero-order chi connectivity index (χ0) is 6.32. The molecule has 0 N–H and O–H groups in total. The topological polar surface area (TPSA) is 18.5 Å². The van der Waals surface area contributed by atoms with Crippen LogP contribution < -0.4 is 0 Å². The lowest BCUT2D eigenvalue weighted by molar-refractivity contribution is -0.263. The lowest BCUT2D eigenvalue weighted by Gasteiger charge is -2.43. The number of hydrogen-bond donors (Lipinski definition) is 0. The van der Waals surface area contributed by atoms with Crippen LogP contribution in [-0.2, 0) is 9.47 Å². The van der Waals surface area contributed by atoms with E-state index in [-0.39, 0.29) is 6.29 Å². The van der Waals surface area contributed by atoms with Gasteiger partial charge in [0.2, 0.25) is 0 Å². The molecule has 0 saturated carbocycles. The summed E-state index contributed by atoms with van der Waals surface area (Å²) in [6.07, 6.45) is 2.50. The van der Waals surface area contributed by atoms with Gasteiger partial charge in [-0.15, -0.1) is 0 Å². The highest BCUT2D eigenvalue weighted by atomic mass is 16.7. The largest absolute Gasteiger partial charge is 0.352 e. The van der Waals surface area contributed by atoms with Crippen LogP contribution in [0.15, 0.2) is 0 Å². The standard InChI is InChI=1S/C7H12O2/c1-7-3-2-6(8-4-7)9-5-7/h6H,2-5H2,1H3. The molecule has 3 fully saturated rings. The molecule has 0 aromatic heterocycles. The molecule has 2 bridgehead atoms. The number of fused-ring (bicyclic) bond motifs is 3. The van der Waals surface area contributed by atoms with Crippen molar-refractivity contribution in [2.45, 2.75) is 26.1 Å². The van der Waals surface area contributed by atoms with Gasteiger partial charge < -0.3 is 9.47 Å². The van der Waals surface area contributed by atoms with Gasteiger partial charge in [0.1, 0.15) is 0 Å². The first-order chi connectivity index (χ1) is 4.29. The summed E-state index contributed by atoms with van der Waals surface area (Å²) in [5, 5.41) is 0. The maximum atomic E-state index is 5.36. The van der Waals surface area contributed by atoms with Gasteiger partial charge in [0.15, 0.2) is 6.29 Å². The molecule has 3 rings (SSSR count). The average Bonchev–Trinajstić information content (AvgIpc) is 1.90. The highest BCUT2D eigenvalue weighted by molar-refractivity contribution is 4.82. The Hall–Kier alpha value is -0.0800. The molecule has 0 atom stereocenters. The van der Waals surface area contributed by atoms with Gasteiger partial charge in [-0.3, -0.25) is 0 Å². The molecule has 2 nitrogen and oxygen atoms in total. The van der Waals surface area contributed by atoms with Gasteiger partial charge in [-0.1, -0.05) is 6.92 Å². The Labute approximate surface area is 55.1 Å². The molecule has 2 heteroatoms. The van der Waals surface area contributed by atoms with E-state index < -0.39 is 0 Å². The lowest BCUT2D eigenvalue weighted by Crippen LogP contribution is -2.45. The van der Waals surface area contributed by atoms with Crippen LogP contribution >= 0.6 is 0 Å². The van der Waals surface area contributed by atoms with Crippen molar-refractivity contribution in [1.29, 1.82) is 0 Å². The number of rotatable bonds is 0. The Morgan fingerprint density at radius 3 is 2.22 bits per heavy atom. The summed E-state index contributed by atoms with van der Waals surface area (Å²) in [4.78, 5) is 0.